The zero-order valence-electron chi connectivity index (χ0n) is 10.2. The Labute approximate surface area is 104 Å². The molecule has 0 atom stereocenters. The smallest absolute Gasteiger partial charge is 0.273 e. The fourth-order valence-corrected chi connectivity index (χ4v) is 1.61. The van der Waals surface area contributed by atoms with Crippen LogP contribution in [0.1, 0.15) is 26.4 Å². The number of aldehydes is 1. The van der Waals surface area contributed by atoms with Gasteiger partial charge in [-0.05, 0) is 18.6 Å². The van der Waals surface area contributed by atoms with Crippen molar-refractivity contribution in [1.82, 2.24) is 9.55 Å². The second-order valence-corrected chi connectivity index (χ2v) is 4.04. The number of nitrogens with one attached hydrogen (secondary N) is 1. The molecular weight excluding hydrogens is 230 g/mol. The van der Waals surface area contributed by atoms with Crippen molar-refractivity contribution in [2.24, 2.45) is 7.05 Å². The lowest BCUT2D eigenvalue weighted by atomic mass is 10.1. The molecule has 1 N–H and O–H groups in total. The molecular formula is C13H13N3O2. The van der Waals surface area contributed by atoms with Crippen molar-refractivity contribution in [3.8, 4) is 0 Å². The molecule has 0 saturated carbocycles. The van der Waals surface area contributed by atoms with Crippen molar-refractivity contribution < 1.29 is 9.59 Å². The van der Waals surface area contributed by atoms with E-state index in [9.17, 15) is 9.59 Å². The molecule has 0 radical (unpaired) electrons. The average molecular weight is 243 g/mol. The van der Waals surface area contributed by atoms with Gasteiger partial charge in [-0.3, -0.25) is 9.59 Å². The Morgan fingerprint density at radius 2 is 2.22 bits per heavy atom. The van der Waals surface area contributed by atoms with E-state index in [1.54, 1.807) is 36.1 Å². The molecule has 2 rings (SSSR count). The van der Waals surface area contributed by atoms with Gasteiger partial charge in [0.05, 0.1) is 12.5 Å². The first-order chi connectivity index (χ1) is 8.61. The Balaban J connectivity index is 2.27. The number of carbonyl (C=O) groups excluding carboxylic acids is 2. The number of carbonyl (C=O) groups is 2. The highest BCUT2D eigenvalue weighted by Crippen LogP contribution is 2.16. The second kappa shape index (κ2) is 4.83. The third-order valence-electron chi connectivity index (χ3n) is 2.70. The first kappa shape index (κ1) is 12.0. The van der Waals surface area contributed by atoms with E-state index in [0.717, 1.165) is 11.8 Å². The van der Waals surface area contributed by atoms with Gasteiger partial charge in [0, 0.05) is 18.3 Å². The highest BCUT2D eigenvalue weighted by molar-refractivity contribution is 6.03. The fourth-order valence-electron chi connectivity index (χ4n) is 1.61. The van der Waals surface area contributed by atoms with Gasteiger partial charge in [-0.25, -0.2) is 4.98 Å². The third kappa shape index (κ3) is 2.29. The summed E-state index contributed by atoms with van der Waals surface area (Å²) in [4.78, 5) is 26.6. The van der Waals surface area contributed by atoms with E-state index in [4.69, 9.17) is 0 Å². The van der Waals surface area contributed by atoms with Crippen molar-refractivity contribution in [2.45, 2.75) is 6.92 Å². The predicted molar refractivity (Wildman–Crippen MR) is 67.7 cm³/mol. The minimum absolute atomic E-state index is 0.249. The molecule has 0 aliphatic rings. The van der Waals surface area contributed by atoms with Gasteiger partial charge in [0.15, 0.2) is 0 Å². The summed E-state index contributed by atoms with van der Waals surface area (Å²) in [7, 11) is 1.75. The van der Waals surface area contributed by atoms with Gasteiger partial charge >= 0.3 is 0 Å². The Kier molecular flexibility index (Phi) is 3.23. The molecule has 5 heteroatoms. The maximum atomic E-state index is 12.0. The number of hydrogen-bond acceptors (Lipinski definition) is 3. The van der Waals surface area contributed by atoms with E-state index in [0.29, 0.717) is 16.9 Å². The van der Waals surface area contributed by atoms with Crippen molar-refractivity contribution in [1.29, 1.82) is 0 Å². The van der Waals surface area contributed by atoms with E-state index in [2.05, 4.69) is 10.3 Å². The molecule has 0 unspecified atom stereocenters. The summed E-state index contributed by atoms with van der Waals surface area (Å²) in [6.07, 6.45) is 3.80. The van der Waals surface area contributed by atoms with Crippen LogP contribution in [0.25, 0.3) is 0 Å². The Bertz CT molecular complexity index is 602. The molecule has 92 valence electrons. The highest BCUT2D eigenvalue weighted by Gasteiger charge is 2.11. The Morgan fingerprint density at radius 1 is 1.44 bits per heavy atom. The molecule has 5 nitrogen and oxygen atoms in total. The van der Waals surface area contributed by atoms with E-state index in [1.165, 1.54) is 6.20 Å². The number of aryl methyl sites for hydroxylation is 2. The number of hydrogen-bond donors (Lipinski definition) is 1. The number of amides is 1. The number of anilines is 1. The normalized spacial score (nSPS) is 10.1. The predicted octanol–water partition coefficient (Wildman–Crippen LogP) is 1.79. The monoisotopic (exact) mass is 243 g/mol. The summed E-state index contributed by atoms with van der Waals surface area (Å²) in [6, 6.07) is 5.15. The Morgan fingerprint density at radius 3 is 2.83 bits per heavy atom. The summed E-state index contributed by atoms with van der Waals surface area (Å²) >= 11 is 0. The largest absolute Gasteiger partial charge is 0.330 e. The van der Waals surface area contributed by atoms with Crippen LogP contribution in [-0.2, 0) is 7.05 Å². The average Bonchev–Trinajstić information content (AvgIpc) is 2.78. The summed E-state index contributed by atoms with van der Waals surface area (Å²) in [5, 5.41) is 2.77. The lowest BCUT2D eigenvalue weighted by molar-refractivity contribution is 0.101. The van der Waals surface area contributed by atoms with Crippen molar-refractivity contribution in [3.63, 3.8) is 0 Å². The lowest BCUT2D eigenvalue weighted by Crippen LogP contribution is -2.16. The van der Waals surface area contributed by atoms with Gasteiger partial charge in [0.1, 0.15) is 12.0 Å². The van der Waals surface area contributed by atoms with Crippen LogP contribution in [0.5, 0.6) is 0 Å². The molecule has 1 aromatic heterocycles. The van der Waals surface area contributed by atoms with Crippen molar-refractivity contribution >= 4 is 17.9 Å². The number of rotatable bonds is 3. The zero-order valence-corrected chi connectivity index (χ0v) is 10.2. The SMILES string of the molecule is Cc1ccc(C=O)cc1NC(=O)c1cncn1C. The molecule has 18 heavy (non-hydrogen) atoms. The fraction of sp³-hybridized carbons (Fsp3) is 0.154. The third-order valence-corrected chi connectivity index (χ3v) is 2.70. The molecule has 1 heterocycles. The molecule has 0 fully saturated rings. The molecule has 0 bridgehead atoms. The van der Waals surface area contributed by atoms with Gasteiger partial charge in [-0.1, -0.05) is 12.1 Å². The van der Waals surface area contributed by atoms with Crippen LogP contribution < -0.4 is 5.32 Å². The van der Waals surface area contributed by atoms with E-state index >= 15 is 0 Å². The summed E-state index contributed by atoms with van der Waals surface area (Å²) in [5.41, 5.74) is 2.52. The van der Waals surface area contributed by atoms with Gasteiger partial charge in [-0.2, -0.15) is 0 Å². The summed E-state index contributed by atoms with van der Waals surface area (Å²) in [5.74, 6) is -0.249. The van der Waals surface area contributed by atoms with Crippen LogP contribution in [-0.4, -0.2) is 21.7 Å². The van der Waals surface area contributed by atoms with Gasteiger partial charge < -0.3 is 9.88 Å². The molecule has 0 aliphatic carbocycles. The van der Waals surface area contributed by atoms with Crippen LogP contribution >= 0.6 is 0 Å². The summed E-state index contributed by atoms with van der Waals surface area (Å²) in [6.45, 7) is 1.87. The minimum atomic E-state index is -0.249. The maximum Gasteiger partial charge on any atom is 0.273 e. The summed E-state index contributed by atoms with van der Waals surface area (Å²) < 4.78 is 1.63. The number of aromatic nitrogens is 2. The minimum Gasteiger partial charge on any atom is -0.330 e. The topological polar surface area (TPSA) is 64.0 Å². The van der Waals surface area contributed by atoms with Crippen molar-refractivity contribution in [2.75, 3.05) is 5.32 Å². The number of imidazole rings is 1. The maximum absolute atomic E-state index is 12.0. The molecule has 1 amide bonds. The quantitative estimate of drug-likeness (QED) is 0.836. The zero-order chi connectivity index (χ0) is 13.1. The number of benzene rings is 1. The van der Waals surface area contributed by atoms with Crippen LogP contribution in [0.3, 0.4) is 0 Å². The van der Waals surface area contributed by atoms with Gasteiger partial charge in [0.2, 0.25) is 0 Å². The molecule has 1 aromatic carbocycles. The van der Waals surface area contributed by atoms with Crippen molar-refractivity contribution in [3.05, 3.63) is 47.5 Å². The van der Waals surface area contributed by atoms with Crippen LogP contribution in [0.2, 0.25) is 0 Å². The standard InChI is InChI=1S/C13H13N3O2/c1-9-3-4-10(7-17)5-11(9)15-13(18)12-6-14-8-16(12)2/h3-8H,1-2H3,(H,15,18). The second-order valence-electron chi connectivity index (χ2n) is 4.04. The number of nitrogens with zero attached hydrogens (tertiary/aromatic N) is 2. The highest BCUT2D eigenvalue weighted by atomic mass is 16.2. The van der Waals surface area contributed by atoms with E-state index < -0.39 is 0 Å². The first-order valence-electron chi connectivity index (χ1n) is 5.45. The lowest BCUT2D eigenvalue weighted by Gasteiger charge is -2.09. The molecule has 0 aliphatic heterocycles. The Hall–Kier alpha value is -2.43. The van der Waals surface area contributed by atoms with E-state index in [1.807, 2.05) is 6.92 Å². The van der Waals surface area contributed by atoms with Crippen LogP contribution in [0.15, 0.2) is 30.7 Å². The van der Waals surface area contributed by atoms with Gasteiger partial charge in [0.25, 0.3) is 5.91 Å². The first-order valence-corrected chi connectivity index (χ1v) is 5.45. The molecule has 0 spiro atoms. The van der Waals surface area contributed by atoms with Crippen LogP contribution in [0, 0.1) is 6.92 Å². The van der Waals surface area contributed by atoms with Crippen LogP contribution in [0.4, 0.5) is 5.69 Å². The molecule has 2 aromatic rings. The van der Waals surface area contributed by atoms with Gasteiger partial charge in [-0.15, -0.1) is 0 Å². The van der Waals surface area contributed by atoms with E-state index in [-0.39, 0.29) is 5.91 Å². The molecule has 0 saturated heterocycles.